The molecule has 0 heterocycles. The van der Waals surface area contributed by atoms with Crippen LogP contribution >= 0.6 is 0 Å². The molecule has 2 aromatic rings. The highest BCUT2D eigenvalue weighted by molar-refractivity contribution is 5.95. The Bertz CT molecular complexity index is 719. The van der Waals surface area contributed by atoms with Crippen molar-refractivity contribution in [3.05, 3.63) is 58.4 Å². The maximum atomic E-state index is 12.8. The highest BCUT2D eigenvalue weighted by atomic mass is 19.1. The average molecular weight is 319 g/mol. The third-order valence-corrected chi connectivity index (χ3v) is 2.97. The molecule has 120 valence electrons. The molecule has 2 rings (SSSR count). The van der Waals surface area contributed by atoms with Crippen LogP contribution < -0.4 is 15.4 Å². The van der Waals surface area contributed by atoms with Crippen molar-refractivity contribution in [2.24, 2.45) is 0 Å². The number of hydrogen-bond donors (Lipinski definition) is 2. The van der Waals surface area contributed by atoms with Gasteiger partial charge in [0.25, 0.3) is 5.69 Å². The first kappa shape index (κ1) is 16.2. The van der Waals surface area contributed by atoms with E-state index in [-0.39, 0.29) is 23.7 Å². The van der Waals surface area contributed by atoms with Gasteiger partial charge < -0.3 is 15.4 Å². The number of nitrogens with zero attached hydrogens (tertiary/aromatic N) is 1. The first-order valence-corrected chi connectivity index (χ1v) is 6.61. The van der Waals surface area contributed by atoms with Gasteiger partial charge in [0.2, 0.25) is 5.91 Å². The summed E-state index contributed by atoms with van der Waals surface area (Å²) in [5.74, 6) is -0.532. The van der Waals surface area contributed by atoms with Crippen LogP contribution in [0.2, 0.25) is 0 Å². The lowest BCUT2D eigenvalue weighted by Gasteiger charge is -2.09. The van der Waals surface area contributed by atoms with E-state index in [0.29, 0.717) is 11.4 Å². The van der Waals surface area contributed by atoms with Gasteiger partial charge >= 0.3 is 0 Å². The number of halogens is 1. The summed E-state index contributed by atoms with van der Waals surface area (Å²) >= 11 is 0. The van der Waals surface area contributed by atoms with Gasteiger partial charge in [-0.1, -0.05) is 0 Å². The van der Waals surface area contributed by atoms with E-state index in [1.807, 2.05) is 0 Å². The van der Waals surface area contributed by atoms with Crippen molar-refractivity contribution < 1.29 is 18.8 Å². The lowest BCUT2D eigenvalue weighted by molar-refractivity contribution is -0.384. The molecule has 2 aromatic carbocycles. The molecule has 0 bridgehead atoms. The molecule has 0 aliphatic carbocycles. The van der Waals surface area contributed by atoms with Crippen LogP contribution in [0, 0.1) is 15.9 Å². The molecule has 0 radical (unpaired) electrons. The second kappa shape index (κ2) is 7.21. The monoisotopic (exact) mass is 319 g/mol. The second-order valence-corrected chi connectivity index (χ2v) is 4.55. The van der Waals surface area contributed by atoms with E-state index in [9.17, 15) is 19.3 Å². The Labute approximate surface area is 131 Å². The zero-order chi connectivity index (χ0) is 16.8. The molecule has 0 aliphatic rings. The fourth-order valence-corrected chi connectivity index (χ4v) is 1.84. The minimum Gasteiger partial charge on any atom is -0.496 e. The molecule has 0 saturated carbocycles. The number of carbonyl (C=O) groups is 1. The molecule has 7 nitrogen and oxygen atoms in total. The lowest BCUT2D eigenvalue weighted by atomic mass is 10.2. The van der Waals surface area contributed by atoms with Crippen LogP contribution in [0.5, 0.6) is 5.75 Å². The van der Waals surface area contributed by atoms with E-state index >= 15 is 0 Å². The third kappa shape index (κ3) is 4.40. The average Bonchev–Trinajstić information content (AvgIpc) is 2.54. The van der Waals surface area contributed by atoms with Gasteiger partial charge in [0, 0.05) is 5.69 Å². The Hall–Kier alpha value is -3.16. The number of nitrogens with one attached hydrogen (secondary N) is 2. The van der Waals surface area contributed by atoms with Crippen molar-refractivity contribution in [1.82, 2.24) is 0 Å². The number of amides is 1. The van der Waals surface area contributed by atoms with E-state index < -0.39 is 10.8 Å². The smallest absolute Gasteiger partial charge is 0.296 e. The van der Waals surface area contributed by atoms with E-state index in [1.165, 1.54) is 49.6 Å². The Morgan fingerprint density at radius 3 is 2.57 bits per heavy atom. The molecule has 0 fully saturated rings. The molecule has 8 heteroatoms. The zero-order valence-electron chi connectivity index (χ0n) is 12.2. The SMILES string of the molecule is COc1ccc(NC(=O)CNc2ccc(F)cc2)c([N+](=O)[O-])c1. The van der Waals surface area contributed by atoms with Crippen LogP contribution in [0.4, 0.5) is 21.5 Å². The van der Waals surface area contributed by atoms with Crippen molar-refractivity contribution >= 4 is 23.0 Å². The number of nitro groups is 1. The molecule has 0 aliphatic heterocycles. The van der Waals surface area contributed by atoms with Gasteiger partial charge in [-0.3, -0.25) is 14.9 Å². The topological polar surface area (TPSA) is 93.5 Å². The Morgan fingerprint density at radius 2 is 1.96 bits per heavy atom. The summed E-state index contributed by atoms with van der Waals surface area (Å²) in [7, 11) is 1.39. The molecule has 2 N–H and O–H groups in total. The Morgan fingerprint density at radius 1 is 1.26 bits per heavy atom. The van der Waals surface area contributed by atoms with Gasteiger partial charge in [-0.05, 0) is 36.4 Å². The standard InChI is InChI=1S/C15H14FN3O4/c1-23-12-6-7-13(14(8-12)19(21)22)18-15(20)9-17-11-4-2-10(16)3-5-11/h2-8,17H,9H2,1H3,(H,18,20). The normalized spacial score (nSPS) is 10.0. The molecule has 0 spiro atoms. The number of carbonyl (C=O) groups excluding carboxylic acids is 1. The largest absolute Gasteiger partial charge is 0.496 e. The summed E-state index contributed by atoms with van der Waals surface area (Å²) in [5, 5.41) is 16.3. The highest BCUT2D eigenvalue weighted by Gasteiger charge is 2.17. The van der Waals surface area contributed by atoms with Crippen LogP contribution in [-0.2, 0) is 4.79 Å². The van der Waals surface area contributed by atoms with E-state index in [0.717, 1.165) is 0 Å². The lowest BCUT2D eigenvalue weighted by Crippen LogP contribution is -2.22. The molecular formula is C15H14FN3O4. The summed E-state index contributed by atoms with van der Waals surface area (Å²) in [6, 6.07) is 9.62. The number of benzene rings is 2. The van der Waals surface area contributed by atoms with Crippen molar-refractivity contribution in [3.8, 4) is 5.75 Å². The quantitative estimate of drug-likeness (QED) is 0.631. The van der Waals surface area contributed by atoms with E-state index in [1.54, 1.807) is 0 Å². The Kier molecular flexibility index (Phi) is 5.08. The van der Waals surface area contributed by atoms with Gasteiger partial charge in [-0.15, -0.1) is 0 Å². The van der Waals surface area contributed by atoms with E-state index in [4.69, 9.17) is 4.74 Å². The van der Waals surface area contributed by atoms with Crippen LogP contribution in [0.25, 0.3) is 0 Å². The number of methoxy groups -OCH3 is 1. The second-order valence-electron chi connectivity index (χ2n) is 4.55. The number of hydrogen-bond acceptors (Lipinski definition) is 5. The molecule has 0 aromatic heterocycles. The molecule has 23 heavy (non-hydrogen) atoms. The fraction of sp³-hybridized carbons (Fsp3) is 0.133. The summed E-state index contributed by atoms with van der Waals surface area (Å²) in [4.78, 5) is 22.3. The summed E-state index contributed by atoms with van der Waals surface area (Å²) in [5.41, 5.74) is 0.368. The minimum absolute atomic E-state index is 0.0710. The van der Waals surface area contributed by atoms with Crippen molar-refractivity contribution in [1.29, 1.82) is 0 Å². The van der Waals surface area contributed by atoms with Gasteiger partial charge in [-0.25, -0.2) is 4.39 Å². The van der Waals surface area contributed by atoms with Crippen LogP contribution in [0.15, 0.2) is 42.5 Å². The number of rotatable bonds is 6. The number of ether oxygens (including phenoxy) is 1. The number of anilines is 2. The minimum atomic E-state index is -0.606. The molecule has 0 atom stereocenters. The van der Waals surface area contributed by atoms with Crippen LogP contribution in [-0.4, -0.2) is 24.5 Å². The van der Waals surface area contributed by atoms with Gasteiger partial charge in [0.05, 0.1) is 24.6 Å². The molecule has 0 saturated heterocycles. The molecule has 0 unspecified atom stereocenters. The first-order chi connectivity index (χ1) is 11.0. The molecule has 1 amide bonds. The summed E-state index contributed by atoms with van der Waals surface area (Å²) in [6.45, 7) is -0.116. The maximum absolute atomic E-state index is 12.8. The van der Waals surface area contributed by atoms with Gasteiger partial charge in [0.15, 0.2) is 0 Å². The highest BCUT2D eigenvalue weighted by Crippen LogP contribution is 2.28. The van der Waals surface area contributed by atoms with Crippen molar-refractivity contribution in [2.45, 2.75) is 0 Å². The maximum Gasteiger partial charge on any atom is 0.296 e. The first-order valence-electron chi connectivity index (χ1n) is 6.61. The zero-order valence-corrected chi connectivity index (χ0v) is 12.2. The van der Waals surface area contributed by atoms with Gasteiger partial charge in [-0.2, -0.15) is 0 Å². The predicted molar refractivity (Wildman–Crippen MR) is 83.2 cm³/mol. The summed E-state index contributed by atoms with van der Waals surface area (Å²) in [6.07, 6.45) is 0. The third-order valence-electron chi connectivity index (χ3n) is 2.97. The summed E-state index contributed by atoms with van der Waals surface area (Å²) < 4.78 is 17.7. The van der Waals surface area contributed by atoms with Gasteiger partial charge in [0.1, 0.15) is 17.3 Å². The van der Waals surface area contributed by atoms with Crippen molar-refractivity contribution in [2.75, 3.05) is 24.3 Å². The van der Waals surface area contributed by atoms with Crippen molar-refractivity contribution in [3.63, 3.8) is 0 Å². The number of nitro benzene ring substituents is 1. The van der Waals surface area contributed by atoms with Crippen LogP contribution in [0.1, 0.15) is 0 Å². The molecular weight excluding hydrogens is 305 g/mol. The predicted octanol–water partition coefficient (Wildman–Crippen LogP) is 2.79. The van der Waals surface area contributed by atoms with E-state index in [2.05, 4.69) is 10.6 Å². The Balaban J connectivity index is 2.02. The van der Waals surface area contributed by atoms with Crippen LogP contribution in [0.3, 0.4) is 0 Å². The fourth-order valence-electron chi connectivity index (χ4n) is 1.84.